The lowest BCUT2D eigenvalue weighted by atomic mass is 10.2. The number of nitrogens with one attached hydrogen (secondary N) is 2. The van der Waals surface area contributed by atoms with Gasteiger partial charge in [-0.2, -0.15) is 0 Å². The van der Waals surface area contributed by atoms with Crippen molar-refractivity contribution in [1.29, 1.82) is 0 Å². The van der Waals surface area contributed by atoms with Crippen molar-refractivity contribution in [2.45, 2.75) is 12.8 Å². The molecule has 2 aromatic rings. The van der Waals surface area contributed by atoms with Crippen LogP contribution in [0.3, 0.4) is 0 Å². The molecular formula is C19H22ClF2N3O3. The smallest absolute Gasteiger partial charge is 0.254 e. The van der Waals surface area contributed by atoms with Crippen molar-refractivity contribution in [1.82, 2.24) is 5.32 Å². The van der Waals surface area contributed by atoms with Gasteiger partial charge < -0.3 is 21.1 Å². The lowest BCUT2D eigenvalue weighted by molar-refractivity contribution is -0.116. The Bertz CT molecular complexity index is 788. The normalized spacial score (nSPS) is 9.96. The van der Waals surface area contributed by atoms with E-state index in [1.54, 1.807) is 24.3 Å². The number of rotatable bonds is 9. The van der Waals surface area contributed by atoms with Crippen LogP contribution in [-0.2, 0) is 4.79 Å². The molecule has 0 unspecified atom stereocenters. The minimum absolute atomic E-state index is 0. The van der Waals surface area contributed by atoms with Crippen LogP contribution in [0.15, 0.2) is 42.5 Å². The van der Waals surface area contributed by atoms with E-state index in [2.05, 4.69) is 10.6 Å². The average Bonchev–Trinajstić information content (AvgIpc) is 2.64. The minimum atomic E-state index is -0.927. The Hall–Kier alpha value is -2.71. The molecule has 0 aromatic heterocycles. The van der Waals surface area contributed by atoms with Crippen molar-refractivity contribution in [3.8, 4) is 5.75 Å². The first-order valence-electron chi connectivity index (χ1n) is 8.45. The molecule has 0 atom stereocenters. The van der Waals surface area contributed by atoms with Crippen LogP contribution in [0, 0.1) is 11.6 Å². The summed E-state index contributed by atoms with van der Waals surface area (Å²) >= 11 is 0. The second kappa shape index (κ2) is 11.9. The van der Waals surface area contributed by atoms with Gasteiger partial charge in [-0.25, -0.2) is 8.78 Å². The zero-order valence-corrected chi connectivity index (χ0v) is 15.9. The second-order valence-electron chi connectivity index (χ2n) is 5.69. The van der Waals surface area contributed by atoms with Crippen molar-refractivity contribution in [3.63, 3.8) is 0 Å². The van der Waals surface area contributed by atoms with Gasteiger partial charge in [0.05, 0.1) is 5.56 Å². The molecule has 0 radical (unpaired) electrons. The Morgan fingerprint density at radius 1 is 1.07 bits per heavy atom. The summed E-state index contributed by atoms with van der Waals surface area (Å²) in [5, 5.41) is 5.22. The van der Waals surface area contributed by atoms with Gasteiger partial charge in [-0.1, -0.05) is 0 Å². The van der Waals surface area contributed by atoms with E-state index in [0.29, 0.717) is 37.1 Å². The molecule has 0 heterocycles. The van der Waals surface area contributed by atoms with Gasteiger partial charge >= 0.3 is 0 Å². The van der Waals surface area contributed by atoms with Crippen LogP contribution in [-0.4, -0.2) is 31.5 Å². The molecule has 0 aliphatic heterocycles. The predicted molar refractivity (Wildman–Crippen MR) is 105 cm³/mol. The molecule has 152 valence electrons. The van der Waals surface area contributed by atoms with Gasteiger partial charge in [-0.05, 0) is 42.8 Å². The van der Waals surface area contributed by atoms with Crippen LogP contribution >= 0.6 is 12.4 Å². The van der Waals surface area contributed by atoms with Crippen LogP contribution in [0.5, 0.6) is 5.75 Å². The first kappa shape index (κ1) is 23.3. The summed E-state index contributed by atoms with van der Waals surface area (Å²) in [4.78, 5) is 23.7. The number of hydrogen-bond acceptors (Lipinski definition) is 4. The van der Waals surface area contributed by atoms with Crippen molar-refractivity contribution < 1.29 is 23.1 Å². The number of hydrogen-bond donors (Lipinski definition) is 3. The maximum atomic E-state index is 13.5. The van der Waals surface area contributed by atoms with Gasteiger partial charge in [0.25, 0.3) is 5.91 Å². The molecule has 0 aliphatic rings. The van der Waals surface area contributed by atoms with Crippen molar-refractivity contribution in [2.24, 2.45) is 5.73 Å². The first-order chi connectivity index (χ1) is 13.0. The van der Waals surface area contributed by atoms with E-state index >= 15 is 0 Å². The fourth-order valence-electron chi connectivity index (χ4n) is 2.25. The van der Waals surface area contributed by atoms with E-state index in [1.165, 1.54) is 0 Å². The molecule has 0 aliphatic carbocycles. The molecule has 6 nitrogen and oxygen atoms in total. The zero-order chi connectivity index (χ0) is 19.6. The molecule has 28 heavy (non-hydrogen) atoms. The number of benzene rings is 2. The van der Waals surface area contributed by atoms with Gasteiger partial charge in [-0.15, -0.1) is 12.4 Å². The molecule has 2 rings (SSSR count). The monoisotopic (exact) mass is 413 g/mol. The summed E-state index contributed by atoms with van der Waals surface area (Å²) in [5.74, 6) is -1.88. The van der Waals surface area contributed by atoms with Gasteiger partial charge in [-0.3, -0.25) is 9.59 Å². The maximum Gasteiger partial charge on any atom is 0.254 e. The Morgan fingerprint density at radius 2 is 1.79 bits per heavy atom. The van der Waals surface area contributed by atoms with Gasteiger partial charge in [0.2, 0.25) is 5.91 Å². The largest absolute Gasteiger partial charge is 0.492 e. The number of ether oxygens (including phenoxy) is 1. The van der Waals surface area contributed by atoms with E-state index < -0.39 is 17.5 Å². The van der Waals surface area contributed by atoms with Crippen molar-refractivity contribution in [2.75, 3.05) is 25.0 Å². The molecule has 0 fully saturated rings. The minimum Gasteiger partial charge on any atom is -0.492 e. The predicted octanol–water partition coefficient (Wildman–Crippen LogP) is 2.87. The van der Waals surface area contributed by atoms with Gasteiger partial charge in [0.15, 0.2) is 0 Å². The van der Waals surface area contributed by atoms with Crippen molar-refractivity contribution in [3.05, 3.63) is 59.7 Å². The third kappa shape index (κ3) is 7.50. The SMILES string of the molecule is Cl.NCCOc1ccc(NC(=O)CCCNC(=O)c2ccc(F)cc2F)cc1. The van der Waals surface area contributed by atoms with E-state index in [1.807, 2.05) is 0 Å². The summed E-state index contributed by atoms with van der Waals surface area (Å²) in [6.07, 6.45) is 0.551. The van der Waals surface area contributed by atoms with Gasteiger partial charge in [0, 0.05) is 31.3 Å². The first-order valence-corrected chi connectivity index (χ1v) is 8.45. The quantitative estimate of drug-likeness (QED) is 0.551. The summed E-state index contributed by atoms with van der Waals surface area (Å²) in [6.45, 7) is 1.02. The number of anilines is 1. The third-order valence-electron chi connectivity index (χ3n) is 3.57. The lowest BCUT2D eigenvalue weighted by Gasteiger charge is -2.08. The number of amides is 2. The van der Waals surface area contributed by atoms with Crippen LogP contribution in [0.2, 0.25) is 0 Å². The van der Waals surface area contributed by atoms with E-state index in [-0.39, 0.29) is 36.8 Å². The highest BCUT2D eigenvalue weighted by Gasteiger charge is 2.12. The zero-order valence-electron chi connectivity index (χ0n) is 15.0. The fourth-order valence-corrected chi connectivity index (χ4v) is 2.25. The third-order valence-corrected chi connectivity index (χ3v) is 3.57. The van der Waals surface area contributed by atoms with E-state index in [9.17, 15) is 18.4 Å². The molecule has 9 heteroatoms. The number of halogens is 3. The molecule has 0 saturated carbocycles. The standard InChI is InChI=1S/C19H21F2N3O3.ClH/c20-13-3-8-16(17(21)12-13)19(26)23-10-1-2-18(25)24-14-4-6-15(7-5-14)27-11-9-22;/h3-8,12H,1-2,9-11,22H2,(H,23,26)(H,24,25);1H. The summed E-state index contributed by atoms with van der Waals surface area (Å²) in [6, 6.07) is 9.61. The fraction of sp³-hybridized carbons (Fsp3) is 0.263. The lowest BCUT2D eigenvalue weighted by Crippen LogP contribution is -2.26. The molecule has 4 N–H and O–H groups in total. The average molecular weight is 414 g/mol. The summed E-state index contributed by atoms with van der Waals surface area (Å²) < 4.78 is 31.7. The van der Waals surface area contributed by atoms with Crippen LogP contribution in [0.4, 0.5) is 14.5 Å². The summed E-state index contributed by atoms with van der Waals surface area (Å²) in [7, 11) is 0. The van der Waals surface area contributed by atoms with Crippen LogP contribution < -0.4 is 21.1 Å². The number of carbonyl (C=O) groups is 2. The van der Waals surface area contributed by atoms with Crippen LogP contribution in [0.25, 0.3) is 0 Å². The van der Waals surface area contributed by atoms with Crippen molar-refractivity contribution >= 4 is 29.9 Å². The highest BCUT2D eigenvalue weighted by molar-refractivity contribution is 5.94. The Morgan fingerprint density at radius 3 is 2.43 bits per heavy atom. The van der Waals surface area contributed by atoms with Crippen LogP contribution in [0.1, 0.15) is 23.2 Å². The summed E-state index contributed by atoms with van der Waals surface area (Å²) in [5.41, 5.74) is 5.74. The Balaban J connectivity index is 0.00000392. The number of nitrogens with two attached hydrogens (primary N) is 1. The molecule has 2 amide bonds. The Kier molecular flexibility index (Phi) is 9.91. The molecule has 0 saturated heterocycles. The molecular weight excluding hydrogens is 392 g/mol. The van der Waals surface area contributed by atoms with E-state index in [0.717, 1.165) is 12.1 Å². The highest BCUT2D eigenvalue weighted by atomic mass is 35.5. The van der Waals surface area contributed by atoms with Gasteiger partial charge in [0.1, 0.15) is 24.0 Å². The Labute approximate surface area is 167 Å². The molecule has 0 bridgehead atoms. The highest BCUT2D eigenvalue weighted by Crippen LogP contribution is 2.16. The molecule has 0 spiro atoms. The topological polar surface area (TPSA) is 93.4 Å². The number of carbonyl (C=O) groups excluding carboxylic acids is 2. The van der Waals surface area contributed by atoms with E-state index in [4.69, 9.17) is 10.5 Å². The maximum absolute atomic E-state index is 13.5. The molecule has 2 aromatic carbocycles. The second-order valence-corrected chi connectivity index (χ2v) is 5.69.